The van der Waals surface area contributed by atoms with Crippen molar-refractivity contribution in [2.45, 2.75) is 52.0 Å². The van der Waals surface area contributed by atoms with Crippen LogP contribution in [-0.2, 0) is 11.2 Å². The van der Waals surface area contributed by atoms with Crippen LogP contribution in [0.3, 0.4) is 0 Å². The molecule has 28 heavy (non-hydrogen) atoms. The topological polar surface area (TPSA) is 49.4 Å². The van der Waals surface area contributed by atoms with E-state index in [1.54, 1.807) is 0 Å². The fraction of sp³-hybridized carbons (Fsp3) is 0.417. The molecule has 0 aliphatic carbocycles. The third-order valence-electron chi connectivity index (χ3n) is 5.55. The molecule has 1 aliphatic rings. The Morgan fingerprint density at radius 2 is 1.68 bits per heavy atom. The van der Waals surface area contributed by atoms with Crippen molar-refractivity contribution in [2.24, 2.45) is 0 Å². The van der Waals surface area contributed by atoms with Gasteiger partial charge in [0.1, 0.15) is 0 Å². The average molecular weight is 379 g/mol. The molecular formula is C24H30N2O2. The Morgan fingerprint density at radius 1 is 1.00 bits per heavy atom. The smallest absolute Gasteiger partial charge is 0.251 e. The van der Waals surface area contributed by atoms with E-state index in [0.717, 1.165) is 49.9 Å². The Hall–Kier alpha value is -2.62. The fourth-order valence-electron chi connectivity index (χ4n) is 3.72. The van der Waals surface area contributed by atoms with Crippen LogP contribution in [0.4, 0.5) is 0 Å². The van der Waals surface area contributed by atoms with Crippen molar-refractivity contribution in [3.05, 3.63) is 70.8 Å². The molecule has 1 saturated heterocycles. The number of nitrogens with zero attached hydrogens (tertiary/aromatic N) is 1. The van der Waals surface area contributed by atoms with Crippen LogP contribution in [0, 0.1) is 13.8 Å². The van der Waals surface area contributed by atoms with E-state index in [1.807, 2.05) is 36.1 Å². The first kappa shape index (κ1) is 20.1. The Kier molecular flexibility index (Phi) is 6.85. The summed E-state index contributed by atoms with van der Waals surface area (Å²) in [6, 6.07) is 16.3. The van der Waals surface area contributed by atoms with Crippen LogP contribution in [0.1, 0.15) is 52.7 Å². The van der Waals surface area contributed by atoms with E-state index in [2.05, 4.69) is 36.5 Å². The molecule has 148 valence electrons. The number of aryl methyl sites for hydroxylation is 3. The SMILES string of the molecule is Cc1ccc(CCCC(=O)N2CCC(NC(=O)c3ccccc3C)CC2)cc1. The minimum atomic E-state index is -0.0130. The van der Waals surface area contributed by atoms with Gasteiger partial charge in [-0.25, -0.2) is 0 Å². The zero-order chi connectivity index (χ0) is 19.9. The first-order chi connectivity index (χ1) is 13.5. The summed E-state index contributed by atoms with van der Waals surface area (Å²) in [5.41, 5.74) is 4.27. The van der Waals surface area contributed by atoms with Crippen molar-refractivity contribution >= 4 is 11.8 Å². The monoisotopic (exact) mass is 378 g/mol. The van der Waals surface area contributed by atoms with Gasteiger partial charge in [-0.1, -0.05) is 48.0 Å². The molecule has 0 unspecified atom stereocenters. The second kappa shape index (κ2) is 9.54. The molecule has 0 bridgehead atoms. The van der Waals surface area contributed by atoms with E-state index < -0.39 is 0 Å². The molecule has 2 aromatic rings. The quantitative estimate of drug-likeness (QED) is 0.824. The summed E-state index contributed by atoms with van der Waals surface area (Å²) in [5.74, 6) is 0.219. The predicted octanol–water partition coefficient (Wildman–Crippen LogP) is 4.05. The van der Waals surface area contributed by atoms with Crippen LogP contribution in [0.15, 0.2) is 48.5 Å². The van der Waals surface area contributed by atoms with Gasteiger partial charge < -0.3 is 10.2 Å². The number of hydrogen-bond acceptors (Lipinski definition) is 2. The summed E-state index contributed by atoms with van der Waals surface area (Å²) in [5, 5.41) is 3.13. The Labute approximate surface area is 167 Å². The molecule has 1 fully saturated rings. The van der Waals surface area contributed by atoms with E-state index >= 15 is 0 Å². The van der Waals surface area contributed by atoms with Crippen LogP contribution in [-0.4, -0.2) is 35.8 Å². The summed E-state index contributed by atoms with van der Waals surface area (Å²) in [6.07, 6.45) is 4.05. The summed E-state index contributed by atoms with van der Waals surface area (Å²) in [7, 11) is 0. The van der Waals surface area contributed by atoms with Crippen molar-refractivity contribution in [2.75, 3.05) is 13.1 Å². The molecule has 1 heterocycles. The molecular weight excluding hydrogens is 348 g/mol. The van der Waals surface area contributed by atoms with Crippen molar-refractivity contribution < 1.29 is 9.59 Å². The van der Waals surface area contributed by atoms with Crippen molar-refractivity contribution in [1.29, 1.82) is 0 Å². The molecule has 0 radical (unpaired) electrons. The number of amides is 2. The van der Waals surface area contributed by atoms with Crippen molar-refractivity contribution in [1.82, 2.24) is 10.2 Å². The normalized spacial score (nSPS) is 14.7. The summed E-state index contributed by atoms with van der Waals surface area (Å²) in [4.78, 5) is 26.9. The highest BCUT2D eigenvalue weighted by atomic mass is 16.2. The van der Waals surface area contributed by atoms with Crippen molar-refractivity contribution in [3.63, 3.8) is 0 Å². The van der Waals surface area contributed by atoms with Gasteiger partial charge in [0, 0.05) is 31.1 Å². The third-order valence-corrected chi connectivity index (χ3v) is 5.55. The Balaban J connectivity index is 1.39. The summed E-state index contributed by atoms with van der Waals surface area (Å²) < 4.78 is 0. The van der Waals surface area contributed by atoms with Crippen molar-refractivity contribution in [3.8, 4) is 0 Å². The highest BCUT2D eigenvalue weighted by molar-refractivity contribution is 5.95. The Bertz CT molecular complexity index is 806. The standard InChI is InChI=1S/C24H30N2O2/c1-18-10-12-20(13-11-18)7-5-9-23(27)26-16-14-21(15-17-26)25-24(28)22-8-4-3-6-19(22)2/h3-4,6,8,10-13,21H,5,7,9,14-17H2,1-2H3,(H,25,28). The maximum Gasteiger partial charge on any atom is 0.251 e. The first-order valence-corrected chi connectivity index (χ1v) is 10.2. The number of carbonyl (C=O) groups excluding carboxylic acids is 2. The second-order valence-corrected chi connectivity index (χ2v) is 7.78. The van der Waals surface area contributed by atoms with E-state index in [4.69, 9.17) is 0 Å². The van der Waals surface area contributed by atoms with Crippen LogP contribution in [0.25, 0.3) is 0 Å². The van der Waals surface area contributed by atoms with Crippen LogP contribution in [0.5, 0.6) is 0 Å². The van der Waals surface area contributed by atoms with Gasteiger partial charge in [0.2, 0.25) is 5.91 Å². The number of carbonyl (C=O) groups is 2. The summed E-state index contributed by atoms with van der Waals surface area (Å²) in [6.45, 7) is 5.48. The molecule has 0 saturated carbocycles. The van der Waals surface area contributed by atoms with Crippen LogP contribution < -0.4 is 5.32 Å². The fourth-order valence-corrected chi connectivity index (χ4v) is 3.72. The van der Waals surface area contributed by atoms with Crippen LogP contribution >= 0.6 is 0 Å². The maximum atomic E-state index is 12.5. The van der Waals surface area contributed by atoms with Gasteiger partial charge in [-0.2, -0.15) is 0 Å². The highest BCUT2D eigenvalue weighted by Gasteiger charge is 2.24. The minimum Gasteiger partial charge on any atom is -0.349 e. The lowest BCUT2D eigenvalue weighted by Gasteiger charge is -2.32. The summed E-state index contributed by atoms with van der Waals surface area (Å²) >= 11 is 0. The molecule has 2 aromatic carbocycles. The van der Waals surface area contributed by atoms with Gasteiger partial charge in [-0.3, -0.25) is 9.59 Å². The lowest BCUT2D eigenvalue weighted by molar-refractivity contribution is -0.132. The number of hydrogen-bond donors (Lipinski definition) is 1. The average Bonchev–Trinajstić information content (AvgIpc) is 2.70. The lowest BCUT2D eigenvalue weighted by atomic mass is 10.0. The molecule has 1 N–H and O–H groups in total. The predicted molar refractivity (Wildman–Crippen MR) is 112 cm³/mol. The zero-order valence-corrected chi connectivity index (χ0v) is 16.9. The first-order valence-electron chi connectivity index (χ1n) is 10.2. The molecule has 3 rings (SSSR count). The number of nitrogens with one attached hydrogen (secondary N) is 1. The molecule has 4 heteroatoms. The zero-order valence-electron chi connectivity index (χ0n) is 16.9. The van der Waals surface area contributed by atoms with Gasteiger partial charge in [0.25, 0.3) is 5.91 Å². The molecule has 1 aliphatic heterocycles. The van der Waals surface area contributed by atoms with Gasteiger partial charge in [-0.15, -0.1) is 0 Å². The van der Waals surface area contributed by atoms with Gasteiger partial charge in [-0.05, 0) is 56.7 Å². The number of rotatable bonds is 6. The van der Waals surface area contributed by atoms with Gasteiger partial charge >= 0.3 is 0 Å². The molecule has 0 atom stereocenters. The molecule has 2 amide bonds. The number of likely N-dealkylation sites (tertiary alicyclic amines) is 1. The van der Waals surface area contributed by atoms with E-state index in [0.29, 0.717) is 6.42 Å². The van der Waals surface area contributed by atoms with Gasteiger partial charge in [0.05, 0.1) is 0 Å². The molecule has 4 nitrogen and oxygen atoms in total. The maximum absolute atomic E-state index is 12.5. The largest absolute Gasteiger partial charge is 0.349 e. The van der Waals surface area contributed by atoms with E-state index in [-0.39, 0.29) is 17.9 Å². The number of benzene rings is 2. The molecule has 0 spiro atoms. The molecule has 0 aromatic heterocycles. The highest BCUT2D eigenvalue weighted by Crippen LogP contribution is 2.15. The van der Waals surface area contributed by atoms with E-state index in [9.17, 15) is 9.59 Å². The third kappa shape index (κ3) is 5.44. The van der Waals surface area contributed by atoms with Crippen LogP contribution in [0.2, 0.25) is 0 Å². The second-order valence-electron chi connectivity index (χ2n) is 7.78. The Morgan fingerprint density at radius 3 is 2.36 bits per heavy atom. The number of piperidine rings is 1. The lowest BCUT2D eigenvalue weighted by Crippen LogP contribution is -2.46. The van der Waals surface area contributed by atoms with Gasteiger partial charge in [0.15, 0.2) is 0 Å². The minimum absolute atomic E-state index is 0.0130. The van der Waals surface area contributed by atoms with E-state index in [1.165, 1.54) is 11.1 Å².